The molecule has 1 aromatic rings. The van der Waals surface area contributed by atoms with Crippen molar-refractivity contribution in [3.63, 3.8) is 0 Å². The van der Waals surface area contributed by atoms with Crippen LogP contribution in [-0.2, 0) is 23.1 Å². The van der Waals surface area contributed by atoms with Crippen molar-refractivity contribution >= 4 is 10.0 Å². The van der Waals surface area contributed by atoms with Gasteiger partial charge >= 0.3 is 0 Å². The van der Waals surface area contributed by atoms with Crippen LogP contribution in [-0.4, -0.2) is 46.9 Å². The van der Waals surface area contributed by atoms with Gasteiger partial charge in [0.1, 0.15) is 0 Å². The van der Waals surface area contributed by atoms with Crippen LogP contribution >= 0.6 is 0 Å². The first-order valence-corrected chi connectivity index (χ1v) is 8.56. The molecule has 1 aromatic heterocycles. The zero-order valence-electron chi connectivity index (χ0n) is 12.4. The summed E-state index contributed by atoms with van der Waals surface area (Å²) >= 11 is 0. The second kappa shape index (κ2) is 5.28. The van der Waals surface area contributed by atoms with E-state index in [4.69, 9.17) is 0 Å². The van der Waals surface area contributed by atoms with E-state index in [0.29, 0.717) is 18.5 Å². The van der Waals surface area contributed by atoms with Crippen molar-refractivity contribution in [1.82, 2.24) is 19.3 Å². The Kier molecular flexibility index (Phi) is 4.09. The minimum absolute atomic E-state index is 0.0753. The second-order valence-electron chi connectivity index (χ2n) is 6.05. The van der Waals surface area contributed by atoms with Gasteiger partial charge in [0.25, 0.3) is 5.92 Å². The molecule has 0 aliphatic heterocycles. The molecule has 1 unspecified atom stereocenters. The first-order valence-electron chi connectivity index (χ1n) is 6.72. The van der Waals surface area contributed by atoms with E-state index in [1.165, 1.54) is 17.9 Å². The number of nitrogens with zero attached hydrogens (tertiary/aromatic N) is 4. The minimum atomic E-state index is -3.31. The number of aromatic nitrogens is 3. The summed E-state index contributed by atoms with van der Waals surface area (Å²) < 4.78 is 53.0. The van der Waals surface area contributed by atoms with Crippen LogP contribution in [0.4, 0.5) is 8.78 Å². The SMILES string of the molecule is CN(Cc1cn(CC2(C)CCCC2(F)F)nn1)S(C)(=O)=O. The van der Waals surface area contributed by atoms with Gasteiger partial charge in [0, 0.05) is 19.7 Å². The minimum Gasteiger partial charge on any atom is -0.251 e. The molecule has 1 heterocycles. The summed E-state index contributed by atoms with van der Waals surface area (Å²) in [5.41, 5.74) is -0.686. The molecule has 1 fully saturated rings. The molecule has 0 N–H and O–H groups in total. The van der Waals surface area contributed by atoms with Crippen molar-refractivity contribution in [3.05, 3.63) is 11.9 Å². The smallest absolute Gasteiger partial charge is 0.251 e. The quantitative estimate of drug-likeness (QED) is 0.824. The molecular weight excluding hydrogens is 302 g/mol. The fraction of sp³-hybridized carbons (Fsp3) is 0.833. The molecule has 0 spiro atoms. The molecular formula is C12H20F2N4O2S. The molecule has 0 saturated heterocycles. The lowest BCUT2D eigenvalue weighted by molar-refractivity contribution is -0.0985. The van der Waals surface area contributed by atoms with Crippen molar-refractivity contribution < 1.29 is 17.2 Å². The Hall–Kier alpha value is -1.09. The van der Waals surface area contributed by atoms with E-state index in [-0.39, 0.29) is 19.5 Å². The van der Waals surface area contributed by atoms with Gasteiger partial charge in [-0.1, -0.05) is 12.1 Å². The highest BCUT2D eigenvalue weighted by Crippen LogP contribution is 2.50. The fourth-order valence-electron chi connectivity index (χ4n) is 2.57. The van der Waals surface area contributed by atoms with E-state index in [0.717, 1.165) is 10.6 Å². The maximum absolute atomic E-state index is 13.9. The van der Waals surface area contributed by atoms with Crippen LogP contribution in [0.1, 0.15) is 31.9 Å². The van der Waals surface area contributed by atoms with Crippen LogP contribution < -0.4 is 0 Å². The van der Waals surface area contributed by atoms with Crippen molar-refractivity contribution in [2.75, 3.05) is 13.3 Å². The second-order valence-corrected chi connectivity index (χ2v) is 8.13. The maximum atomic E-state index is 13.9. The molecule has 120 valence electrons. The summed E-state index contributed by atoms with van der Waals surface area (Å²) in [5.74, 6) is -2.71. The van der Waals surface area contributed by atoms with Crippen LogP contribution in [0.25, 0.3) is 0 Å². The Labute approximate surface area is 123 Å². The van der Waals surface area contributed by atoms with Crippen molar-refractivity contribution in [2.45, 2.75) is 45.2 Å². The lowest BCUT2D eigenvalue weighted by atomic mass is 9.86. The molecule has 1 saturated carbocycles. The molecule has 2 rings (SSSR count). The van der Waals surface area contributed by atoms with E-state index in [2.05, 4.69) is 10.3 Å². The van der Waals surface area contributed by atoms with Crippen LogP contribution in [0.15, 0.2) is 6.20 Å². The fourth-order valence-corrected chi connectivity index (χ4v) is 2.94. The monoisotopic (exact) mass is 322 g/mol. The average molecular weight is 322 g/mol. The maximum Gasteiger partial charge on any atom is 0.255 e. The largest absolute Gasteiger partial charge is 0.255 e. The van der Waals surface area contributed by atoms with E-state index in [1.54, 1.807) is 6.92 Å². The Morgan fingerprint density at radius 2 is 2.10 bits per heavy atom. The summed E-state index contributed by atoms with van der Waals surface area (Å²) in [4.78, 5) is 0. The first kappa shape index (κ1) is 16.3. The van der Waals surface area contributed by atoms with E-state index >= 15 is 0 Å². The number of rotatable bonds is 5. The average Bonchev–Trinajstić information content (AvgIpc) is 2.84. The molecule has 0 amide bonds. The summed E-state index contributed by atoms with van der Waals surface area (Å²) in [5, 5.41) is 7.69. The Balaban J connectivity index is 2.07. The predicted molar refractivity (Wildman–Crippen MR) is 73.2 cm³/mol. The molecule has 1 aliphatic rings. The van der Waals surface area contributed by atoms with Gasteiger partial charge in [-0.2, -0.15) is 4.31 Å². The van der Waals surface area contributed by atoms with Crippen LogP contribution in [0.2, 0.25) is 0 Å². The summed E-state index contributed by atoms with van der Waals surface area (Å²) in [7, 11) is -1.88. The standard InChI is InChI=1S/C12H20F2N4O2S/c1-11(5-4-6-12(11,13)14)9-18-8-10(15-16-18)7-17(2)21(3,19)20/h8H,4-7,9H2,1-3H3. The van der Waals surface area contributed by atoms with Crippen LogP contribution in [0, 0.1) is 5.41 Å². The first-order chi connectivity index (χ1) is 9.53. The van der Waals surface area contributed by atoms with Gasteiger partial charge in [-0.3, -0.25) is 4.68 Å². The number of hydrogen-bond acceptors (Lipinski definition) is 4. The molecule has 0 aromatic carbocycles. The highest BCUT2D eigenvalue weighted by atomic mass is 32.2. The third-order valence-electron chi connectivity index (χ3n) is 4.15. The lowest BCUT2D eigenvalue weighted by Crippen LogP contribution is -2.37. The van der Waals surface area contributed by atoms with E-state index < -0.39 is 21.4 Å². The van der Waals surface area contributed by atoms with E-state index in [9.17, 15) is 17.2 Å². The summed E-state index contributed by atoms with van der Waals surface area (Å²) in [6, 6.07) is 0. The molecule has 1 atom stereocenters. The Morgan fingerprint density at radius 3 is 2.62 bits per heavy atom. The molecule has 1 aliphatic carbocycles. The van der Waals surface area contributed by atoms with Gasteiger partial charge in [-0.15, -0.1) is 5.10 Å². The van der Waals surface area contributed by atoms with Gasteiger partial charge in [-0.05, 0) is 12.8 Å². The van der Waals surface area contributed by atoms with Crippen molar-refractivity contribution in [2.24, 2.45) is 5.41 Å². The number of hydrogen-bond donors (Lipinski definition) is 0. The van der Waals surface area contributed by atoms with Gasteiger partial charge in [0.15, 0.2) is 0 Å². The summed E-state index contributed by atoms with van der Waals surface area (Å²) in [6.45, 7) is 1.71. The molecule has 6 nitrogen and oxygen atoms in total. The van der Waals surface area contributed by atoms with E-state index in [1.807, 2.05) is 0 Å². The Morgan fingerprint density at radius 1 is 1.43 bits per heavy atom. The Bertz CT molecular complexity index is 617. The normalized spacial score (nSPS) is 25.6. The van der Waals surface area contributed by atoms with Crippen LogP contribution in [0.3, 0.4) is 0 Å². The zero-order chi connectivity index (χ0) is 15.9. The highest BCUT2D eigenvalue weighted by molar-refractivity contribution is 7.88. The van der Waals surface area contributed by atoms with Crippen LogP contribution in [0.5, 0.6) is 0 Å². The third-order valence-corrected chi connectivity index (χ3v) is 5.41. The lowest BCUT2D eigenvalue weighted by Gasteiger charge is -2.30. The summed E-state index contributed by atoms with van der Waals surface area (Å²) in [6.07, 6.45) is 3.47. The van der Waals surface area contributed by atoms with Crippen molar-refractivity contribution in [3.8, 4) is 0 Å². The number of sulfonamides is 1. The van der Waals surface area contributed by atoms with Gasteiger partial charge in [0.2, 0.25) is 10.0 Å². The molecule has 21 heavy (non-hydrogen) atoms. The molecule has 0 bridgehead atoms. The van der Waals surface area contributed by atoms with Crippen molar-refractivity contribution in [1.29, 1.82) is 0 Å². The van der Waals surface area contributed by atoms with Gasteiger partial charge in [0.05, 0.1) is 30.5 Å². The predicted octanol–water partition coefficient (Wildman–Crippen LogP) is 1.50. The molecule has 0 radical (unpaired) electrons. The molecule has 9 heteroatoms. The highest BCUT2D eigenvalue weighted by Gasteiger charge is 2.53. The number of halogens is 2. The van der Waals surface area contributed by atoms with Gasteiger partial charge in [-0.25, -0.2) is 17.2 Å². The third kappa shape index (κ3) is 3.39. The topological polar surface area (TPSA) is 68.1 Å². The zero-order valence-corrected chi connectivity index (χ0v) is 13.2. The number of alkyl halides is 2. The van der Waals surface area contributed by atoms with Gasteiger partial charge < -0.3 is 0 Å².